The molecule has 2 atom stereocenters. The molecule has 3 nitrogen and oxygen atoms in total. The van der Waals surface area contributed by atoms with Gasteiger partial charge in [-0.25, -0.2) is 3.63 Å². The van der Waals surface area contributed by atoms with Gasteiger partial charge in [0.1, 0.15) is 0 Å². The van der Waals surface area contributed by atoms with Crippen LogP contribution in [0.15, 0.2) is 58.3 Å². The van der Waals surface area contributed by atoms with Crippen LogP contribution in [0.4, 0.5) is 0 Å². The van der Waals surface area contributed by atoms with E-state index >= 15 is 0 Å². The first-order chi connectivity index (χ1) is 11.4. The van der Waals surface area contributed by atoms with Crippen LogP contribution in [-0.4, -0.2) is 25.4 Å². The van der Waals surface area contributed by atoms with Crippen LogP contribution in [0, 0.1) is 0 Å². The van der Waals surface area contributed by atoms with Gasteiger partial charge in [0, 0.05) is 46.7 Å². The second kappa shape index (κ2) is 7.28. The lowest BCUT2D eigenvalue weighted by Crippen LogP contribution is -1.95. The predicted octanol–water partition coefficient (Wildman–Crippen LogP) is 4.30. The maximum absolute atomic E-state index is 5.84. The van der Waals surface area contributed by atoms with Crippen molar-refractivity contribution < 1.29 is 13.1 Å². The molecule has 2 aliphatic heterocycles. The first kappa shape index (κ1) is 15.5. The van der Waals surface area contributed by atoms with Crippen LogP contribution in [0.25, 0.3) is 0 Å². The molecule has 0 aromatic heterocycles. The molecule has 2 aromatic rings. The fraction of sp³-hybridized carbons (Fsp3) is 0.333. The maximum Gasteiger partial charge on any atom is 0.0850 e. The maximum atomic E-state index is 5.84. The molecule has 0 aliphatic carbocycles. The van der Waals surface area contributed by atoms with Gasteiger partial charge in [0.15, 0.2) is 0 Å². The second-order valence-corrected chi connectivity index (χ2v) is 7.53. The van der Waals surface area contributed by atoms with Crippen LogP contribution < -0.4 is 0 Å². The zero-order valence-corrected chi connectivity index (χ0v) is 14.3. The molecule has 0 saturated carbocycles. The SMILES string of the molecule is c1ccc(SOSc2ccccc2CC2CO2)c(CC2CO2)c1. The van der Waals surface area contributed by atoms with Gasteiger partial charge in [0.2, 0.25) is 0 Å². The highest BCUT2D eigenvalue weighted by molar-refractivity contribution is 8.08. The summed E-state index contributed by atoms with van der Waals surface area (Å²) in [6.07, 6.45) is 2.71. The molecule has 0 amide bonds. The van der Waals surface area contributed by atoms with Crippen molar-refractivity contribution >= 4 is 24.1 Å². The van der Waals surface area contributed by atoms with Crippen LogP contribution in [0.3, 0.4) is 0 Å². The highest BCUT2D eigenvalue weighted by atomic mass is 32.2. The number of rotatable bonds is 8. The Balaban J connectivity index is 1.36. The Bertz CT molecular complexity index is 611. The third-order valence-electron chi connectivity index (χ3n) is 3.89. The molecule has 23 heavy (non-hydrogen) atoms. The average molecular weight is 346 g/mol. The Morgan fingerprint density at radius 2 is 1.22 bits per heavy atom. The van der Waals surface area contributed by atoms with Gasteiger partial charge in [-0.05, 0) is 23.3 Å². The number of benzene rings is 2. The van der Waals surface area contributed by atoms with Gasteiger partial charge in [-0.15, -0.1) is 0 Å². The first-order valence-electron chi connectivity index (χ1n) is 7.79. The van der Waals surface area contributed by atoms with Gasteiger partial charge in [0.05, 0.1) is 25.4 Å². The fourth-order valence-corrected chi connectivity index (χ4v) is 3.97. The van der Waals surface area contributed by atoms with Crippen molar-refractivity contribution in [1.82, 2.24) is 0 Å². The van der Waals surface area contributed by atoms with E-state index in [1.165, 1.54) is 45.0 Å². The van der Waals surface area contributed by atoms with Crippen molar-refractivity contribution in [2.24, 2.45) is 0 Å². The summed E-state index contributed by atoms with van der Waals surface area (Å²) in [5, 5.41) is 0. The number of hydrogen-bond donors (Lipinski definition) is 0. The molecular formula is C18H18O3S2. The molecule has 2 aliphatic rings. The minimum Gasteiger partial charge on any atom is -0.373 e. The molecule has 2 saturated heterocycles. The second-order valence-electron chi connectivity index (χ2n) is 5.77. The highest BCUT2D eigenvalue weighted by Crippen LogP contribution is 2.35. The summed E-state index contributed by atoms with van der Waals surface area (Å²) in [5.74, 6) is 0. The zero-order valence-electron chi connectivity index (χ0n) is 12.6. The fourth-order valence-electron chi connectivity index (χ4n) is 2.46. The largest absolute Gasteiger partial charge is 0.373 e. The average Bonchev–Trinajstić information content (AvgIpc) is 3.47. The Hall–Kier alpha value is -0.980. The molecule has 0 bridgehead atoms. The van der Waals surface area contributed by atoms with Crippen LogP contribution in [-0.2, 0) is 25.9 Å². The van der Waals surface area contributed by atoms with Gasteiger partial charge in [-0.3, -0.25) is 0 Å². The van der Waals surface area contributed by atoms with E-state index in [9.17, 15) is 0 Å². The molecule has 2 unspecified atom stereocenters. The smallest absolute Gasteiger partial charge is 0.0850 e. The highest BCUT2D eigenvalue weighted by Gasteiger charge is 2.25. The van der Waals surface area contributed by atoms with Crippen LogP contribution in [0.1, 0.15) is 11.1 Å². The number of ether oxygens (including phenoxy) is 2. The third-order valence-corrected chi connectivity index (χ3v) is 5.59. The van der Waals surface area contributed by atoms with Gasteiger partial charge in [0.25, 0.3) is 0 Å². The lowest BCUT2D eigenvalue weighted by atomic mass is 10.1. The van der Waals surface area contributed by atoms with Crippen LogP contribution >= 0.6 is 24.1 Å². The van der Waals surface area contributed by atoms with E-state index in [0.717, 1.165) is 26.1 Å². The van der Waals surface area contributed by atoms with E-state index in [2.05, 4.69) is 36.4 Å². The van der Waals surface area contributed by atoms with Crippen molar-refractivity contribution in [1.29, 1.82) is 0 Å². The van der Waals surface area contributed by atoms with Crippen LogP contribution in [0.2, 0.25) is 0 Å². The van der Waals surface area contributed by atoms with E-state index < -0.39 is 0 Å². The summed E-state index contributed by atoms with van der Waals surface area (Å²) in [4.78, 5) is 2.33. The summed E-state index contributed by atoms with van der Waals surface area (Å²) in [6, 6.07) is 16.7. The molecule has 2 aromatic carbocycles. The van der Waals surface area contributed by atoms with Crippen molar-refractivity contribution in [3.05, 3.63) is 59.7 Å². The van der Waals surface area contributed by atoms with Crippen molar-refractivity contribution in [3.63, 3.8) is 0 Å². The normalized spacial score (nSPS) is 22.1. The molecular weight excluding hydrogens is 328 g/mol. The van der Waals surface area contributed by atoms with Gasteiger partial charge in [-0.2, -0.15) is 0 Å². The molecule has 0 N–H and O–H groups in total. The standard InChI is InChI=1S/C18H18O3S2/c1-3-7-17(13(5-1)9-15-11-19-15)22-21-23-18-8-4-2-6-14(18)10-16-12-20-16/h1-8,15-16H,9-12H2. The Labute approximate surface area is 145 Å². The van der Waals surface area contributed by atoms with Gasteiger partial charge < -0.3 is 9.47 Å². The van der Waals surface area contributed by atoms with Gasteiger partial charge in [-0.1, -0.05) is 36.4 Å². The Kier molecular flexibility index (Phi) is 4.92. The van der Waals surface area contributed by atoms with E-state index in [0.29, 0.717) is 12.2 Å². The monoisotopic (exact) mass is 346 g/mol. The number of hydrogen-bond acceptors (Lipinski definition) is 5. The van der Waals surface area contributed by atoms with Gasteiger partial charge >= 0.3 is 0 Å². The lowest BCUT2D eigenvalue weighted by molar-refractivity contribution is 0.406. The molecule has 4 rings (SSSR count). The first-order valence-corrected chi connectivity index (χ1v) is 9.27. The van der Waals surface area contributed by atoms with Crippen LogP contribution in [0.5, 0.6) is 0 Å². The zero-order chi connectivity index (χ0) is 15.5. The Morgan fingerprint density at radius 3 is 1.65 bits per heavy atom. The predicted molar refractivity (Wildman–Crippen MR) is 92.6 cm³/mol. The minimum absolute atomic E-state index is 0.392. The summed E-state index contributed by atoms with van der Waals surface area (Å²) < 4.78 is 16.5. The van der Waals surface area contributed by atoms with Crippen molar-refractivity contribution in [2.45, 2.75) is 34.8 Å². The topological polar surface area (TPSA) is 34.3 Å². The molecule has 0 radical (unpaired) electrons. The number of epoxide rings is 2. The Morgan fingerprint density at radius 1 is 0.783 bits per heavy atom. The molecule has 5 heteroatoms. The molecule has 2 heterocycles. The van der Waals surface area contributed by atoms with E-state index in [4.69, 9.17) is 13.1 Å². The molecule has 2 fully saturated rings. The quantitative estimate of drug-likeness (QED) is 0.526. The third kappa shape index (κ3) is 4.52. The van der Waals surface area contributed by atoms with E-state index in [1.807, 2.05) is 12.1 Å². The molecule has 0 spiro atoms. The summed E-state index contributed by atoms with van der Waals surface area (Å²) in [6.45, 7) is 1.76. The van der Waals surface area contributed by atoms with Crippen molar-refractivity contribution in [3.8, 4) is 0 Å². The van der Waals surface area contributed by atoms with Crippen molar-refractivity contribution in [2.75, 3.05) is 13.2 Å². The lowest BCUT2D eigenvalue weighted by Gasteiger charge is -2.09. The van der Waals surface area contributed by atoms with E-state index in [1.54, 1.807) is 0 Å². The summed E-state index contributed by atoms with van der Waals surface area (Å²) in [7, 11) is 0. The molecule has 120 valence electrons. The summed E-state index contributed by atoms with van der Waals surface area (Å²) >= 11 is 2.86. The summed E-state index contributed by atoms with van der Waals surface area (Å²) in [5.41, 5.74) is 2.58. The van der Waals surface area contributed by atoms with E-state index in [-0.39, 0.29) is 0 Å². The minimum atomic E-state index is 0.392.